The third-order valence-electron chi connectivity index (χ3n) is 2.72. The van der Waals surface area contributed by atoms with Gasteiger partial charge in [-0.15, -0.1) is 0 Å². The molecule has 0 spiro atoms. The molecule has 0 amide bonds. The quantitative estimate of drug-likeness (QED) is 0.606. The van der Waals surface area contributed by atoms with Crippen LogP contribution in [0.4, 0.5) is 0 Å². The SMILES string of the molecule is CCCCN(C)C(=NCc1ncnn1C)NCC. The van der Waals surface area contributed by atoms with Crippen molar-refractivity contribution < 1.29 is 0 Å². The van der Waals surface area contributed by atoms with E-state index in [1.165, 1.54) is 12.8 Å². The summed E-state index contributed by atoms with van der Waals surface area (Å²) < 4.78 is 1.75. The Hall–Kier alpha value is -1.59. The van der Waals surface area contributed by atoms with Crippen LogP contribution in [-0.4, -0.2) is 45.8 Å². The van der Waals surface area contributed by atoms with Crippen LogP contribution in [0.15, 0.2) is 11.3 Å². The van der Waals surface area contributed by atoms with Crippen molar-refractivity contribution in [1.29, 1.82) is 0 Å². The van der Waals surface area contributed by atoms with Crippen LogP contribution in [0.2, 0.25) is 0 Å². The topological polar surface area (TPSA) is 58.3 Å². The van der Waals surface area contributed by atoms with Crippen LogP contribution >= 0.6 is 0 Å². The predicted octanol–water partition coefficient (Wildman–Crippen LogP) is 1.01. The van der Waals surface area contributed by atoms with Gasteiger partial charge in [0, 0.05) is 27.2 Å². The Balaban J connectivity index is 2.62. The molecule has 0 saturated carbocycles. The molecule has 0 bridgehead atoms. The van der Waals surface area contributed by atoms with Gasteiger partial charge in [-0.3, -0.25) is 4.68 Å². The Bertz CT molecular complexity index is 370. The fourth-order valence-electron chi connectivity index (χ4n) is 1.58. The number of guanidine groups is 1. The lowest BCUT2D eigenvalue weighted by molar-refractivity contribution is 0.464. The van der Waals surface area contributed by atoms with E-state index in [1.807, 2.05) is 7.05 Å². The normalized spacial score (nSPS) is 11.7. The van der Waals surface area contributed by atoms with Gasteiger partial charge in [-0.25, -0.2) is 9.98 Å². The highest BCUT2D eigenvalue weighted by atomic mass is 15.3. The number of hydrogen-bond acceptors (Lipinski definition) is 3. The molecule has 6 heteroatoms. The van der Waals surface area contributed by atoms with E-state index in [0.29, 0.717) is 6.54 Å². The van der Waals surface area contributed by atoms with E-state index < -0.39 is 0 Å². The van der Waals surface area contributed by atoms with Gasteiger partial charge in [0.15, 0.2) is 5.96 Å². The third-order valence-corrected chi connectivity index (χ3v) is 2.72. The van der Waals surface area contributed by atoms with Gasteiger partial charge in [0.05, 0.1) is 0 Å². The Morgan fingerprint density at radius 2 is 2.28 bits per heavy atom. The van der Waals surface area contributed by atoms with Gasteiger partial charge in [-0.2, -0.15) is 5.10 Å². The van der Waals surface area contributed by atoms with Crippen molar-refractivity contribution in [3.05, 3.63) is 12.2 Å². The molecule has 1 N–H and O–H groups in total. The summed E-state index contributed by atoms with van der Waals surface area (Å²) >= 11 is 0. The first kappa shape index (κ1) is 14.5. The average Bonchev–Trinajstić information content (AvgIpc) is 2.77. The van der Waals surface area contributed by atoms with Crippen molar-refractivity contribution in [3.8, 4) is 0 Å². The lowest BCUT2D eigenvalue weighted by atomic mass is 10.3. The molecule has 0 aliphatic heterocycles. The van der Waals surface area contributed by atoms with Crippen LogP contribution in [-0.2, 0) is 13.6 Å². The van der Waals surface area contributed by atoms with E-state index in [9.17, 15) is 0 Å². The molecule has 18 heavy (non-hydrogen) atoms. The summed E-state index contributed by atoms with van der Waals surface area (Å²) in [6.45, 7) is 6.70. The zero-order valence-corrected chi connectivity index (χ0v) is 11.8. The standard InChI is InChI=1S/C12H24N6/c1-5-7-8-17(3)12(13-6-2)14-9-11-15-10-16-18(11)4/h10H,5-9H2,1-4H3,(H,13,14). The molecule has 0 unspecified atom stereocenters. The van der Waals surface area contributed by atoms with Gasteiger partial charge in [0.1, 0.15) is 18.7 Å². The van der Waals surface area contributed by atoms with E-state index in [2.05, 4.69) is 46.2 Å². The van der Waals surface area contributed by atoms with Gasteiger partial charge in [-0.1, -0.05) is 13.3 Å². The fourth-order valence-corrected chi connectivity index (χ4v) is 1.58. The highest BCUT2D eigenvalue weighted by molar-refractivity contribution is 5.79. The lowest BCUT2D eigenvalue weighted by Gasteiger charge is -2.21. The summed E-state index contributed by atoms with van der Waals surface area (Å²) in [5.74, 6) is 1.79. The van der Waals surface area contributed by atoms with Gasteiger partial charge < -0.3 is 10.2 Å². The molecule has 0 fully saturated rings. The van der Waals surface area contributed by atoms with E-state index >= 15 is 0 Å². The molecule has 0 saturated heterocycles. The number of unbranched alkanes of at least 4 members (excludes halogenated alkanes) is 1. The molecule has 1 aromatic heterocycles. The zero-order valence-electron chi connectivity index (χ0n) is 11.8. The smallest absolute Gasteiger partial charge is 0.194 e. The summed E-state index contributed by atoms with van der Waals surface area (Å²) in [7, 11) is 3.94. The molecule has 6 nitrogen and oxygen atoms in total. The molecular formula is C12H24N6. The first-order chi connectivity index (χ1) is 8.69. The first-order valence-corrected chi connectivity index (χ1v) is 6.51. The van der Waals surface area contributed by atoms with Crippen LogP contribution in [0.25, 0.3) is 0 Å². The summed E-state index contributed by atoms with van der Waals surface area (Å²) in [4.78, 5) is 10.9. The molecule has 0 aliphatic rings. The Kier molecular flexibility index (Phi) is 6.18. The van der Waals surface area contributed by atoms with Crippen molar-refractivity contribution >= 4 is 5.96 Å². The van der Waals surface area contributed by atoms with E-state index in [1.54, 1.807) is 11.0 Å². The van der Waals surface area contributed by atoms with Crippen LogP contribution in [0, 0.1) is 0 Å². The average molecular weight is 252 g/mol. The molecule has 0 aliphatic carbocycles. The Morgan fingerprint density at radius 1 is 1.50 bits per heavy atom. The summed E-state index contributed by atoms with van der Waals surface area (Å²) in [6.07, 6.45) is 3.91. The van der Waals surface area contributed by atoms with Crippen molar-refractivity contribution in [3.63, 3.8) is 0 Å². The minimum Gasteiger partial charge on any atom is -0.357 e. The minimum atomic E-state index is 0.551. The van der Waals surface area contributed by atoms with Crippen LogP contribution in [0.1, 0.15) is 32.5 Å². The summed E-state index contributed by atoms with van der Waals surface area (Å²) in [5.41, 5.74) is 0. The lowest BCUT2D eigenvalue weighted by Crippen LogP contribution is -2.39. The largest absolute Gasteiger partial charge is 0.357 e. The van der Waals surface area contributed by atoms with Crippen molar-refractivity contribution in [2.45, 2.75) is 33.2 Å². The molecule has 0 atom stereocenters. The van der Waals surface area contributed by atoms with Gasteiger partial charge in [0.25, 0.3) is 0 Å². The highest BCUT2D eigenvalue weighted by Crippen LogP contribution is 1.97. The first-order valence-electron chi connectivity index (χ1n) is 6.51. The van der Waals surface area contributed by atoms with Crippen LogP contribution in [0.3, 0.4) is 0 Å². The number of nitrogens with zero attached hydrogens (tertiary/aromatic N) is 5. The molecule has 1 rings (SSSR count). The van der Waals surface area contributed by atoms with Gasteiger partial charge in [-0.05, 0) is 13.3 Å². The number of rotatable bonds is 6. The minimum absolute atomic E-state index is 0.551. The molecule has 1 aromatic rings. The van der Waals surface area contributed by atoms with E-state index in [-0.39, 0.29) is 0 Å². The van der Waals surface area contributed by atoms with Crippen LogP contribution < -0.4 is 5.32 Å². The van der Waals surface area contributed by atoms with Crippen molar-refractivity contribution in [2.75, 3.05) is 20.1 Å². The maximum Gasteiger partial charge on any atom is 0.194 e. The van der Waals surface area contributed by atoms with Gasteiger partial charge >= 0.3 is 0 Å². The molecule has 1 heterocycles. The summed E-state index contributed by atoms with van der Waals surface area (Å²) in [6, 6.07) is 0. The third kappa shape index (κ3) is 4.35. The Morgan fingerprint density at radius 3 is 2.83 bits per heavy atom. The number of aromatic nitrogens is 3. The summed E-state index contributed by atoms with van der Waals surface area (Å²) in [5, 5.41) is 7.33. The fraction of sp³-hybridized carbons (Fsp3) is 0.750. The van der Waals surface area contributed by atoms with Crippen LogP contribution in [0.5, 0.6) is 0 Å². The van der Waals surface area contributed by atoms with Crippen molar-refractivity contribution in [1.82, 2.24) is 25.0 Å². The maximum atomic E-state index is 4.58. The zero-order chi connectivity index (χ0) is 13.4. The second-order valence-electron chi connectivity index (χ2n) is 4.25. The number of aliphatic imine (C=N–C) groups is 1. The number of nitrogens with one attached hydrogen (secondary N) is 1. The number of hydrogen-bond donors (Lipinski definition) is 1. The second kappa shape index (κ2) is 7.68. The molecular weight excluding hydrogens is 228 g/mol. The Labute approximate surface area is 109 Å². The van der Waals surface area contributed by atoms with E-state index in [0.717, 1.165) is 24.9 Å². The number of aryl methyl sites for hydroxylation is 1. The maximum absolute atomic E-state index is 4.58. The molecule has 0 radical (unpaired) electrons. The van der Waals surface area contributed by atoms with E-state index in [4.69, 9.17) is 0 Å². The predicted molar refractivity (Wildman–Crippen MR) is 73.4 cm³/mol. The second-order valence-corrected chi connectivity index (χ2v) is 4.25. The molecule has 102 valence electrons. The molecule has 0 aromatic carbocycles. The monoisotopic (exact) mass is 252 g/mol. The highest BCUT2D eigenvalue weighted by Gasteiger charge is 2.05. The van der Waals surface area contributed by atoms with Crippen molar-refractivity contribution in [2.24, 2.45) is 12.0 Å². The van der Waals surface area contributed by atoms with Gasteiger partial charge in [0.2, 0.25) is 0 Å².